The molecular formula is C21H24ClFN2O3S. The van der Waals surface area contributed by atoms with Crippen molar-refractivity contribution < 1.29 is 17.6 Å². The number of carbonyl (C=O) groups is 1. The topological polar surface area (TPSA) is 66.5 Å². The third-order valence-corrected chi connectivity index (χ3v) is 7.30. The van der Waals surface area contributed by atoms with E-state index in [4.69, 9.17) is 11.6 Å². The molecule has 1 heterocycles. The third kappa shape index (κ3) is 5.28. The van der Waals surface area contributed by atoms with Crippen molar-refractivity contribution >= 4 is 33.0 Å². The molecule has 0 aromatic heterocycles. The zero-order chi connectivity index (χ0) is 21.0. The highest BCUT2D eigenvalue weighted by Gasteiger charge is 2.22. The van der Waals surface area contributed by atoms with Crippen molar-refractivity contribution in [2.24, 2.45) is 0 Å². The molecule has 1 aliphatic heterocycles. The number of rotatable bonds is 6. The van der Waals surface area contributed by atoms with E-state index in [1.165, 1.54) is 12.1 Å². The van der Waals surface area contributed by atoms with Crippen LogP contribution in [0.25, 0.3) is 0 Å². The molecule has 0 saturated carbocycles. The van der Waals surface area contributed by atoms with Gasteiger partial charge in [0, 0.05) is 35.4 Å². The maximum atomic E-state index is 13.8. The van der Waals surface area contributed by atoms with E-state index in [2.05, 4.69) is 10.2 Å². The van der Waals surface area contributed by atoms with E-state index >= 15 is 0 Å². The Labute approximate surface area is 175 Å². The number of benzene rings is 2. The Morgan fingerprint density at radius 3 is 2.41 bits per heavy atom. The predicted octanol–water partition coefficient (Wildman–Crippen LogP) is 3.60. The average molecular weight is 439 g/mol. The Hall–Kier alpha value is -2.12. The monoisotopic (exact) mass is 438 g/mol. The maximum absolute atomic E-state index is 13.8. The second-order valence-corrected chi connectivity index (χ2v) is 9.79. The highest BCUT2D eigenvalue weighted by molar-refractivity contribution is 7.91. The molecule has 0 bridgehead atoms. The van der Waals surface area contributed by atoms with E-state index in [0.29, 0.717) is 4.90 Å². The van der Waals surface area contributed by atoms with Crippen LogP contribution in [0.15, 0.2) is 47.4 Å². The Balaban J connectivity index is 1.53. The van der Waals surface area contributed by atoms with Gasteiger partial charge in [-0.1, -0.05) is 24.6 Å². The van der Waals surface area contributed by atoms with Crippen LogP contribution in [0, 0.1) is 5.82 Å². The van der Waals surface area contributed by atoms with Crippen molar-refractivity contribution in [2.45, 2.75) is 37.1 Å². The first kappa shape index (κ1) is 21.6. The van der Waals surface area contributed by atoms with E-state index in [-0.39, 0.29) is 34.7 Å². The van der Waals surface area contributed by atoms with Gasteiger partial charge in [-0.2, -0.15) is 0 Å². The molecule has 1 fully saturated rings. The lowest BCUT2D eigenvalue weighted by Crippen LogP contribution is -2.45. The molecule has 0 atom stereocenters. The van der Waals surface area contributed by atoms with Gasteiger partial charge in [-0.05, 0) is 49.2 Å². The van der Waals surface area contributed by atoms with Gasteiger partial charge in [-0.15, -0.1) is 0 Å². The SMILES string of the molecule is CCS(=O)(=O)c1ccc(N2CCC(NC(=O)Cc3c(F)cccc3Cl)CC2)cc1. The van der Waals surface area contributed by atoms with Crippen LogP contribution >= 0.6 is 11.6 Å². The van der Waals surface area contributed by atoms with E-state index in [1.54, 1.807) is 25.1 Å². The first-order valence-corrected chi connectivity index (χ1v) is 11.6. The Bertz CT molecular complexity index is 952. The second kappa shape index (κ2) is 9.13. The highest BCUT2D eigenvalue weighted by atomic mass is 35.5. The van der Waals surface area contributed by atoms with Gasteiger partial charge in [-0.3, -0.25) is 4.79 Å². The molecule has 29 heavy (non-hydrogen) atoms. The molecule has 3 rings (SSSR count). The van der Waals surface area contributed by atoms with Crippen molar-refractivity contribution in [2.75, 3.05) is 23.7 Å². The Morgan fingerprint density at radius 1 is 1.17 bits per heavy atom. The lowest BCUT2D eigenvalue weighted by molar-refractivity contribution is -0.121. The van der Waals surface area contributed by atoms with Crippen molar-refractivity contribution in [1.29, 1.82) is 0 Å². The number of hydrogen-bond donors (Lipinski definition) is 1. The number of hydrogen-bond acceptors (Lipinski definition) is 4. The smallest absolute Gasteiger partial charge is 0.224 e. The summed E-state index contributed by atoms with van der Waals surface area (Å²) in [6.45, 7) is 3.11. The minimum atomic E-state index is -3.20. The van der Waals surface area contributed by atoms with Gasteiger partial charge in [0.1, 0.15) is 5.82 Å². The molecule has 1 amide bonds. The lowest BCUT2D eigenvalue weighted by atomic mass is 10.0. The van der Waals surface area contributed by atoms with Gasteiger partial charge >= 0.3 is 0 Å². The summed E-state index contributed by atoms with van der Waals surface area (Å²) >= 11 is 5.99. The van der Waals surface area contributed by atoms with E-state index in [9.17, 15) is 17.6 Å². The van der Waals surface area contributed by atoms with Crippen molar-refractivity contribution in [3.63, 3.8) is 0 Å². The number of nitrogens with zero attached hydrogens (tertiary/aromatic N) is 1. The molecule has 156 valence electrons. The van der Waals surface area contributed by atoms with Crippen LogP contribution in [0.5, 0.6) is 0 Å². The fraction of sp³-hybridized carbons (Fsp3) is 0.381. The van der Waals surface area contributed by atoms with Crippen LogP contribution in [-0.2, 0) is 21.1 Å². The molecule has 8 heteroatoms. The van der Waals surface area contributed by atoms with Gasteiger partial charge in [-0.25, -0.2) is 12.8 Å². The van der Waals surface area contributed by atoms with Crippen molar-refractivity contribution in [3.05, 3.63) is 58.9 Å². The fourth-order valence-corrected chi connectivity index (χ4v) is 4.57. The lowest BCUT2D eigenvalue weighted by Gasteiger charge is -2.34. The van der Waals surface area contributed by atoms with E-state index < -0.39 is 15.7 Å². The zero-order valence-electron chi connectivity index (χ0n) is 16.2. The minimum absolute atomic E-state index is 0.0176. The summed E-state index contributed by atoms with van der Waals surface area (Å²) in [6.07, 6.45) is 1.43. The van der Waals surface area contributed by atoms with E-state index in [1.807, 2.05) is 12.1 Å². The fourth-order valence-electron chi connectivity index (χ4n) is 3.45. The van der Waals surface area contributed by atoms with Gasteiger partial charge in [0.2, 0.25) is 5.91 Å². The van der Waals surface area contributed by atoms with Crippen molar-refractivity contribution in [1.82, 2.24) is 5.32 Å². The molecule has 0 spiro atoms. The van der Waals surface area contributed by atoms with Crippen LogP contribution in [0.4, 0.5) is 10.1 Å². The van der Waals surface area contributed by atoms with Gasteiger partial charge in [0.25, 0.3) is 0 Å². The summed E-state index contributed by atoms with van der Waals surface area (Å²) in [5.41, 5.74) is 1.18. The number of amides is 1. The summed E-state index contributed by atoms with van der Waals surface area (Å²) in [4.78, 5) is 14.8. The summed E-state index contributed by atoms with van der Waals surface area (Å²) in [5, 5.41) is 3.21. The van der Waals surface area contributed by atoms with E-state index in [0.717, 1.165) is 31.6 Å². The summed E-state index contributed by atoms with van der Waals surface area (Å²) in [7, 11) is -3.20. The molecule has 1 aliphatic rings. The predicted molar refractivity (Wildman–Crippen MR) is 113 cm³/mol. The largest absolute Gasteiger partial charge is 0.371 e. The van der Waals surface area contributed by atoms with Crippen LogP contribution < -0.4 is 10.2 Å². The first-order chi connectivity index (χ1) is 13.8. The quantitative estimate of drug-likeness (QED) is 0.748. The number of halogens is 2. The number of sulfone groups is 1. The van der Waals surface area contributed by atoms with Gasteiger partial charge < -0.3 is 10.2 Å². The minimum Gasteiger partial charge on any atom is -0.371 e. The summed E-state index contributed by atoms with van der Waals surface area (Å²) in [5.74, 6) is -0.643. The van der Waals surface area contributed by atoms with Crippen LogP contribution in [0.2, 0.25) is 5.02 Å². The van der Waals surface area contributed by atoms with Gasteiger partial charge in [0.05, 0.1) is 17.1 Å². The first-order valence-electron chi connectivity index (χ1n) is 9.60. The molecular weight excluding hydrogens is 415 g/mol. The zero-order valence-corrected chi connectivity index (χ0v) is 17.8. The third-order valence-electron chi connectivity index (χ3n) is 5.20. The molecule has 0 unspecified atom stereocenters. The molecule has 2 aromatic rings. The summed E-state index contributed by atoms with van der Waals surface area (Å²) in [6, 6.07) is 11.3. The number of piperidine rings is 1. The Morgan fingerprint density at radius 2 is 1.83 bits per heavy atom. The normalized spacial score (nSPS) is 15.3. The molecule has 1 saturated heterocycles. The molecule has 0 aliphatic carbocycles. The molecule has 2 aromatic carbocycles. The molecule has 5 nitrogen and oxygen atoms in total. The Kier molecular flexibility index (Phi) is 6.80. The van der Waals surface area contributed by atoms with Gasteiger partial charge in [0.15, 0.2) is 9.84 Å². The highest BCUT2D eigenvalue weighted by Crippen LogP contribution is 2.23. The number of anilines is 1. The molecule has 1 N–H and O–H groups in total. The molecule has 0 radical (unpaired) electrons. The van der Waals surface area contributed by atoms with Crippen LogP contribution in [-0.4, -0.2) is 39.2 Å². The standard InChI is InChI=1S/C21H24ClFN2O3S/c1-2-29(27,28)17-8-6-16(7-9-17)25-12-10-15(11-13-25)24-21(26)14-18-19(22)4-3-5-20(18)23/h3-9,15H,2,10-14H2,1H3,(H,24,26). The van der Waals surface area contributed by atoms with Crippen LogP contribution in [0.1, 0.15) is 25.3 Å². The van der Waals surface area contributed by atoms with Crippen LogP contribution in [0.3, 0.4) is 0 Å². The number of carbonyl (C=O) groups excluding carboxylic acids is 1. The summed E-state index contributed by atoms with van der Waals surface area (Å²) < 4.78 is 37.7. The number of nitrogens with one attached hydrogen (secondary N) is 1. The van der Waals surface area contributed by atoms with Crippen molar-refractivity contribution in [3.8, 4) is 0 Å². The average Bonchev–Trinajstić information content (AvgIpc) is 2.71. The maximum Gasteiger partial charge on any atom is 0.224 e. The second-order valence-electron chi connectivity index (χ2n) is 7.10.